The molecule has 2 atom stereocenters. The first-order valence-corrected chi connectivity index (χ1v) is 6.91. The van der Waals surface area contributed by atoms with Crippen LogP contribution in [-0.2, 0) is 0 Å². The van der Waals surface area contributed by atoms with Crippen LogP contribution in [0.15, 0.2) is 18.2 Å². The van der Waals surface area contributed by atoms with Crippen molar-refractivity contribution in [2.24, 2.45) is 5.92 Å². The first-order chi connectivity index (χ1) is 8.32. The average molecular weight is 270 g/mol. The average Bonchev–Trinajstić information content (AvgIpc) is 2.26. The molecule has 0 amide bonds. The molecule has 0 aliphatic heterocycles. The zero-order valence-electron chi connectivity index (χ0n) is 11.9. The molecule has 2 nitrogen and oxygen atoms in total. The Kier molecular flexibility index (Phi) is 5.48. The Labute approximate surface area is 116 Å². The number of nitrogens with zero attached hydrogens (tertiary/aromatic N) is 1. The van der Waals surface area contributed by atoms with Gasteiger partial charge in [-0.15, -0.1) is 0 Å². The number of anilines is 1. The van der Waals surface area contributed by atoms with Crippen LogP contribution in [0.3, 0.4) is 0 Å². The molecule has 1 aromatic carbocycles. The Balaban J connectivity index is 2.89. The van der Waals surface area contributed by atoms with E-state index in [1.165, 1.54) is 0 Å². The number of rotatable bonds is 5. The lowest BCUT2D eigenvalue weighted by Crippen LogP contribution is -2.30. The summed E-state index contributed by atoms with van der Waals surface area (Å²) >= 11 is 6.30. The van der Waals surface area contributed by atoms with Crippen molar-refractivity contribution in [2.45, 2.75) is 46.3 Å². The lowest BCUT2D eigenvalue weighted by molar-refractivity contribution is 0.199. The van der Waals surface area contributed by atoms with Gasteiger partial charge in [-0.2, -0.15) is 0 Å². The molecule has 2 unspecified atom stereocenters. The smallest absolute Gasteiger partial charge is 0.0762 e. The second-order valence-electron chi connectivity index (χ2n) is 5.48. The van der Waals surface area contributed by atoms with E-state index in [1.807, 2.05) is 18.2 Å². The highest BCUT2D eigenvalue weighted by molar-refractivity contribution is 6.33. The summed E-state index contributed by atoms with van der Waals surface area (Å²) in [4.78, 5) is 2.20. The molecular formula is C15H24ClNO. The summed E-state index contributed by atoms with van der Waals surface area (Å²) in [5.41, 5.74) is 1.88. The van der Waals surface area contributed by atoms with Gasteiger partial charge >= 0.3 is 0 Å². The molecule has 1 aromatic rings. The Bertz CT molecular complexity index is 390. The van der Waals surface area contributed by atoms with Crippen LogP contribution in [0.2, 0.25) is 5.02 Å². The largest absolute Gasteiger partial charge is 0.389 e. The third-order valence-corrected chi connectivity index (χ3v) is 3.61. The normalized spacial score (nSPS) is 14.7. The SMILES string of the molecule is CC(C)CC(C)N(C)c1ccc(C(C)O)cc1Cl. The minimum absolute atomic E-state index is 0.444. The first-order valence-electron chi connectivity index (χ1n) is 6.53. The fourth-order valence-corrected chi connectivity index (χ4v) is 2.47. The van der Waals surface area contributed by atoms with Gasteiger partial charge in [0.2, 0.25) is 0 Å². The van der Waals surface area contributed by atoms with E-state index in [0.717, 1.165) is 17.7 Å². The van der Waals surface area contributed by atoms with Crippen LogP contribution in [0.25, 0.3) is 0 Å². The van der Waals surface area contributed by atoms with E-state index < -0.39 is 6.10 Å². The molecule has 0 radical (unpaired) electrons. The fourth-order valence-electron chi connectivity index (χ4n) is 2.15. The molecule has 0 bridgehead atoms. The summed E-state index contributed by atoms with van der Waals surface area (Å²) in [5, 5.41) is 10.2. The maximum atomic E-state index is 9.53. The number of hydrogen-bond acceptors (Lipinski definition) is 2. The van der Waals surface area contributed by atoms with Crippen LogP contribution in [-0.4, -0.2) is 18.2 Å². The summed E-state index contributed by atoms with van der Waals surface area (Å²) in [7, 11) is 2.07. The molecule has 102 valence electrons. The molecule has 3 heteroatoms. The van der Waals surface area contributed by atoms with Crippen molar-refractivity contribution in [1.82, 2.24) is 0 Å². The van der Waals surface area contributed by atoms with E-state index in [4.69, 9.17) is 11.6 Å². The highest BCUT2D eigenvalue weighted by Crippen LogP contribution is 2.30. The highest BCUT2D eigenvalue weighted by Gasteiger charge is 2.15. The van der Waals surface area contributed by atoms with Gasteiger partial charge in [0, 0.05) is 13.1 Å². The van der Waals surface area contributed by atoms with Crippen molar-refractivity contribution in [3.63, 3.8) is 0 Å². The number of benzene rings is 1. The highest BCUT2D eigenvalue weighted by atomic mass is 35.5. The zero-order chi connectivity index (χ0) is 13.9. The van der Waals surface area contributed by atoms with Crippen LogP contribution in [0, 0.1) is 5.92 Å². The van der Waals surface area contributed by atoms with Gasteiger partial charge in [0.15, 0.2) is 0 Å². The topological polar surface area (TPSA) is 23.5 Å². The quantitative estimate of drug-likeness (QED) is 0.863. The van der Waals surface area contributed by atoms with Crippen molar-refractivity contribution in [3.05, 3.63) is 28.8 Å². The van der Waals surface area contributed by atoms with Gasteiger partial charge in [0.1, 0.15) is 0 Å². The standard InChI is InChI=1S/C15H24ClNO/c1-10(2)8-11(3)17(5)15-7-6-13(12(4)18)9-14(15)16/h6-7,9-12,18H,8H2,1-5H3. The van der Waals surface area contributed by atoms with Crippen LogP contribution in [0.1, 0.15) is 45.8 Å². The van der Waals surface area contributed by atoms with E-state index in [9.17, 15) is 5.11 Å². The Morgan fingerprint density at radius 3 is 2.28 bits per heavy atom. The molecule has 0 fully saturated rings. The summed E-state index contributed by atoms with van der Waals surface area (Å²) in [6.07, 6.45) is 0.653. The fraction of sp³-hybridized carbons (Fsp3) is 0.600. The molecular weight excluding hydrogens is 246 g/mol. The Morgan fingerprint density at radius 1 is 1.22 bits per heavy atom. The molecule has 0 saturated heterocycles. The molecule has 0 aliphatic carbocycles. The van der Waals surface area contributed by atoms with Crippen LogP contribution in [0.5, 0.6) is 0 Å². The maximum Gasteiger partial charge on any atom is 0.0762 e. The van der Waals surface area contributed by atoms with Gasteiger partial charge < -0.3 is 10.0 Å². The van der Waals surface area contributed by atoms with Gasteiger partial charge in [-0.25, -0.2) is 0 Å². The minimum Gasteiger partial charge on any atom is -0.389 e. The Hall–Kier alpha value is -0.730. The van der Waals surface area contributed by atoms with E-state index in [-0.39, 0.29) is 0 Å². The second-order valence-corrected chi connectivity index (χ2v) is 5.88. The summed E-state index contributed by atoms with van der Waals surface area (Å²) in [5.74, 6) is 0.665. The van der Waals surface area contributed by atoms with Crippen molar-refractivity contribution in [2.75, 3.05) is 11.9 Å². The van der Waals surface area contributed by atoms with Gasteiger partial charge in [-0.05, 0) is 43.9 Å². The number of halogens is 1. The molecule has 0 aliphatic rings. The van der Waals surface area contributed by atoms with Crippen molar-refractivity contribution in [3.8, 4) is 0 Å². The molecule has 0 heterocycles. The Morgan fingerprint density at radius 2 is 1.83 bits per heavy atom. The van der Waals surface area contributed by atoms with E-state index >= 15 is 0 Å². The zero-order valence-corrected chi connectivity index (χ0v) is 12.7. The van der Waals surface area contributed by atoms with Crippen molar-refractivity contribution < 1.29 is 5.11 Å². The maximum absolute atomic E-state index is 9.53. The van der Waals surface area contributed by atoms with E-state index in [2.05, 4.69) is 32.7 Å². The molecule has 1 N–H and O–H groups in total. The molecule has 0 saturated carbocycles. The third kappa shape index (κ3) is 3.89. The molecule has 0 aromatic heterocycles. The lowest BCUT2D eigenvalue weighted by Gasteiger charge is -2.29. The summed E-state index contributed by atoms with van der Waals surface area (Å²) < 4.78 is 0. The number of aliphatic hydroxyl groups excluding tert-OH is 1. The van der Waals surface area contributed by atoms with Crippen LogP contribution >= 0.6 is 11.6 Å². The van der Waals surface area contributed by atoms with Gasteiger partial charge in [-0.3, -0.25) is 0 Å². The molecule has 1 rings (SSSR count). The van der Waals surface area contributed by atoms with Gasteiger partial charge in [-0.1, -0.05) is 31.5 Å². The van der Waals surface area contributed by atoms with Crippen molar-refractivity contribution >= 4 is 17.3 Å². The van der Waals surface area contributed by atoms with Crippen LogP contribution < -0.4 is 4.90 Å². The van der Waals surface area contributed by atoms with Gasteiger partial charge in [0.05, 0.1) is 16.8 Å². The predicted molar refractivity (Wildman–Crippen MR) is 79.4 cm³/mol. The van der Waals surface area contributed by atoms with Crippen molar-refractivity contribution in [1.29, 1.82) is 0 Å². The van der Waals surface area contributed by atoms with E-state index in [0.29, 0.717) is 17.0 Å². The van der Waals surface area contributed by atoms with E-state index in [1.54, 1.807) is 6.92 Å². The molecule has 0 spiro atoms. The van der Waals surface area contributed by atoms with Crippen LogP contribution in [0.4, 0.5) is 5.69 Å². The molecule has 18 heavy (non-hydrogen) atoms. The monoisotopic (exact) mass is 269 g/mol. The second kappa shape index (κ2) is 6.44. The van der Waals surface area contributed by atoms with Gasteiger partial charge in [0.25, 0.3) is 0 Å². The summed E-state index contributed by atoms with van der Waals surface area (Å²) in [6.45, 7) is 8.40. The lowest BCUT2D eigenvalue weighted by atomic mass is 10.0. The predicted octanol–water partition coefficient (Wildman–Crippen LogP) is 4.26. The minimum atomic E-state index is -0.477. The number of aliphatic hydroxyl groups is 1. The number of hydrogen-bond donors (Lipinski definition) is 1. The third-order valence-electron chi connectivity index (χ3n) is 3.31. The first kappa shape index (κ1) is 15.3. The summed E-state index contributed by atoms with van der Waals surface area (Å²) in [6, 6.07) is 6.21.